The molecule has 122 valence electrons. The molecule has 22 heavy (non-hydrogen) atoms. The minimum Gasteiger partial charge on any atom is -0.493 e. The summed E-state index contributed by atoms with van der Waals surface area (Å²) in [6, 6.07) is 5.55. The van der Waals surface area contributed by atoms with Crippen LogP contribution in [0, 0.1) is 0 Å². The van der Waals surface area contributed by atoms with Gasteiger partial charge in [-0.2, -0.15) is 0 Å². The Kier molecular flexibility index (Phi) is 6.22. The van der Waals surface area contributed by atoms with Gasteiger partial charge in [0.05, 0.1) is 14.2 Å². The third-order valence-electron chi connectivity index (χ3n) is 2.84. The Morgan fingerprint density at radius 2 is 1.68 bits per heavy atom. The predicted octanol–water partition coefficient (Wildman–Crippen LogP) is 1.28. The molecule has 0 aliphatic heterocycles. The van der Waals surface area contributed by atoms with Crippen molar-refractivity contribution < 1.29 is 19.1 Å². The number of methoxy groups -OCH3 is 2. The first kappa shape index (κ1) is 17.8. The van der Waals surface area contributed by atoms with E-state index in [1.807, 2.05) is 39.0 Å². The van der Waals surface area contributed by atoms with Gasteiger partial charge in [0, 0.05) is 12.1 Å². The largest absolute Gasteiger partial charge is 0.493 e. The Labute approximate surface area is 131 Å². The lowest BCUT2D eigenvalue weighted by Crippen LogP contribution is -2.48. The normalized spacial score (nSPS) is 10.8. The lowest BCUT2D eigenvalue weighted by atomic mass is 10.1. The van der Waals surface area contributed by atoms with Gasteiger partial charge in [-0.3, -0.25) is 9.59 Å². The lowest BCUT2D eigenvalue weighted by molar-refractivity contribution is -0.140. The van der Waals surface area contributed by atoms with E-state index < -0.39 is 17.4 Å². The van der Waals surface area contributed by atoms with Gasteiger partial charge in [0.2, 0.25) is 0 Å². The zero-order valence-corrected chi connectivity index (χ0v) is 13.8. The number of benzene rings is 1. The van der Waals surface area contributed by atoms with E-state index in [2.05, 4.69) is 10.6 Å². The van der Waals surface area contributed by atoms with Crippen LogP contribution in [0.3, 0.4) is 0 Å². The van der Waals surface area contributed by atoms with Crippen molar-refractivity contribution in [3.63, 3.8) is 0 Å². The number of hydrogen-bond donors (Lipinski definition) is 2. The van der Waals surface area contributed by atoms with Gasteiger partial charge in [-0.05, 0) is 44.9 Å². The Bertz CT molecular complexity index is 535. The highest BCUT2D eigenvalue weighted by Gasteiger charge is 2.19. The topological polar surface area (TPSA) is 76.7 Å². The zero-order valence-electron chi connectivity index (χ0n) is 13.8. The maximum absolute atomic E-state index is 11.7. The van der Waals surface area contributed by atoms with Gasteiger partial charge in [0.1, 0.15) is 0 Å². The van der Waals surface area contributed by atoms with Gasteiger partial charge in [0.25, 0.3) is 0 Å². The van der Waals surface area contributed by atoms with E-state index in [1.54, 1.807) is 14.2 Å². The van der Waals surface area contributed by atoms with Crippen molar-refractivity contribution in [3.8, 4) is 11.5 Å². The first-order chi connectivity index (χ1) is 10.3. The smallest absolute Gasteiger partial charge is 0.309 e. The number of carbonyl (C=O) groups excluding carboxylic acids is 2. The zero-order chi connectivity index (χ0) is 16.8. The van der Waals surface area contributed by atoms with Crippen LogP contribution in [0.1, 0.15) is 26.3 Å². The van der Waals surface area contributed by atoms with Gasteiger partial charge in [-0.25, -0.2) is 0 Å². The summed E-state index contributed by atoms with van der Waals surface area (Å²) in [7, 11) is 3.14. The molecule has 0 bridgehead atoms. The number of ether oxygens (including phenoxy) is 2. The van der Waals surface area contributed by atoms with E-state index in [-0.39, 0.29) is 0 Å². The van der Waals surface area contributed by atoms with Crippen LogP contribution in [-0.2, 0) is 16.0 Å². The molecule has 1 aromatic rings. The fourth-order valence-electron chi connectivity index (χ4n) is 1.83. The molecule has 0 radical (unpaired) electrons. The van der Waals surface area contributed by atoms with E-state index >= 15 is 0 Å². The number of hydrogen-bond acceptors (Lipinski definition) is 4. The number of carbonyl (C=O) groups is 2. The van der Waals surface area contributed by atoms with Crippen LogP contribution in [-0.4, -0.2) is 38.1 Å². The molecule has 1 rings (SSSR count). The van der Waals surface area contributed by atoms with Crippen LogP contribution in [0.4, 0.5) is 0 Å². The molecule has 0 fully saturated rings. The molecule has 0 aliphatic rings. The highest BCUT2D eigenvalue weighted by Crippen LogP contribution is 2.27. The minimum atomic E-state index is -0.629. The molecule has 0 spiro atoms. The van der Waals surface area contributed by atoms with Crippen molar-refractivity contribution in [2.75, 3.05) is 20.8 Å². The standard InChI is InChI=1S/C16H24N2O4/c1-16(2,3)18-15(20)14(19)17-9-8-11-6-7-12(21-4)13(10-11)22-5/h6-7,10H,8-9H2,1-5H3,(H,17,19)(H,18,20). The highest BCUT2D eigenvalue weighted by molar-refractivity contribution is 6.35. The van der Waals surface area contributed by atoms with Crippen LogP contribution >= 0.6 is 0 Å². The average molecular weight is 308 g/mol. The molecule has 0 saturated heterocycles. The molecular weight excluding hydrogens is 284 g/mol. The molecule has 0 aliphatic carbocycles. The highest BCUT2D eigenvalue weighted by atomic mass is 16.5. The van der Waals surface area contributed by atoms with Gasteiger partial charge in [0.15, 0.2) is 11.5 Å². The third kappa shape index (κ3) is 5.63. The Morgan fingerprint density at radius 3 is 2.23 bits per heavy atom. The maximum Gasteiger partial charge on any atom is 0.309 e. The van der Waals surface area contributed by atoms with Crippen LogP contribution in [0.15, 0.2) is 18.2 Å². The summed E-state index contributed by atoms with van der Waals surface area (Å²) in [5.74, 6) is 0.0341. The lowest BCUT2D eigenvalue weighted by Gasteiger charge is -2.19. The molecule has 2 N–H and O–H groups in total. The van der Waals surface area contributed by atoms with Gasteiger partial charge in [-0.15, -0.1) is 0 Å². The summed E-state index contributed by atoms with van der Waals surface area (Å²) in [6.07, 6.45) is 0.592. The van der Waals surface area contributed by atoms with Crippen LogP contribution in [0.25, 0.3) is 0 Å². The SMILES string of the molecule is COc1ccc(CCNC(=O)C(=O)NC(C)(C)C)cc1OC. The summed E-state index contributed by atoms with van der Waals surface area (Å²) in [4.78, 5) is 23.3. The fourth-order valence-corrected chi connectivity index (χ4v) is 1.83. The summed E-state index contributed by atoms with van der Waals surface area (Å²) in [6.45, 7) is 5.83. The second kappa shape index (κ2) is 7.68. The first-order valence-corrected chi connectivity index (χ1v) is 7.08. The third-order valence-corrected chi connectivity index (χ3v) is 2.84. The molecule has 6 heteroatoms. The summed E-state index contributed by atoms with van der Waals surface area (Å²) < 4.78 is 10.4. The van der Waals surface area contributed by atoms with E-state index in [0.717, 1.165) is 5.56 Å². The van der Waals surface area contributed by atoms with E-state index in [1.165, 1.54) is 0 Å². The molecule has 1 aromatic carbocycles. The summed E-state index contributed by atoms with van der Waals surface area (Å²) in [5, 5.41) is 5.21. The van der Waals surface area contributed by atoms with Gasteiger partial charge >= 0.3 is 11.8 Å². The summed E-state index contributed by atoms with van der Waals surface area (Å²) in [5.41, 5.74) is 0.548. The van der Waals surface area contributed by atoms with Crippen molar-refractivity contribution in [2.24, 2.45) is 0 Å². The predicted molar refractivity (Wildman–Crippen MR) is 84.2 cm³/mol. The maximum atomic E-state index is 11.7. The van der Waals surface area contributed by atoms with Gasteiger partial charge < -0.3 is 20.1 Å². The van der Waals surface area contributed by atoms with E-state index in [4.69, 9.17) is 9.47 Å². The van der Waals surface area contributed by atoms with Crippen molar-refractivity contribution in [1.29, 1.82) is 0 Å². The van der Waals surface area contributed by atoms with E-state index in [0.29, 0.717) is 24.5 Å². The molecule has 6 nitrogen and oxygen atoms in total. The molecule has 0 atom stereocenters. The molecule has 0 heterocycles. The number of amides is 2. The van der Waals surface area contributed by atoms with Crippen LogP contribution < -0.4 is 20.1 Å². The second-order valence-corrected chi connectivity index (χ2v) is 5.90. The monoisotopic (exact) mass is 308 g/mol. The first-order valence-electron chi connectivity index (χ1n) is 7.08. The van der Waals surface area contributed by atoms with Gasteiger partial charge in [-0.1, -0.05) is 6.07 Å². The Morgan fingerprint density at radius 1 is 1.05 bits per heavy atom. The molecule has 0 saturated carbocycles. The second-order valence-electron chi connectivity index (χ2n) is 5.90. The molecule has 0 aromatic heterocycles. The molecule has 2 amide bonds. The van der Waals surface area contributed by atoms with Crippen LogP contribution in [0.5, 0.6) is 11.5 Å². The summed E-state index contributed by atoms with van der Waals surface area (Å²) >= 11 is 0. The Balaban J connectivity index is 2.50. The van der Waals surface area contributed by atoms with Crippen molar-refractivity contribution >= 4 is 11.8 Å². The van der Waals surface area contributed by atoms with Crippen LogP contribution in [0.2, 0.25) is 0 Å². The van der Waals surface area contributed by atoms with Crippen molar-refractivity contribution in [2.45, 2.75) is 32.7 Å². The minimum absolute atomic E-state index is 0.367. The number of rotatable bonds is 5. The Hall–Kier alpha value is -2.24. The molecule has 0 unspecified atom stereocenters. The van der Waals surface area contributed by atoms with Crippen molar-refractivity contribution in [3.05, 3.63) is 23.8 Å². The quantitative estimate of drug-likeness (QED) is 0.803. The van der Waals surface area contributed by atoms with Crippen molar-refractivity contribution in [1.82, 2.24) is 10.6 Å². The number of nitrogens with one attached hydrogen (secondary N) is 2. The fraction of sp³-hybridized carbons (Fsp3) is 0.500. The van der Waals surface area contributed by atoms with E-state index in [9.17, 15) is 9.59 Å². The average Bonchev–Trinajstić information content (AvgIpc) is 2.45. The molecular formula is C16H24N2O4.